The summed E-state index contributed by atoms with van der Waals surface area (Å²) in [5.41, 5.74) is 1.31. The van der Waals surface area contributed by atoms with E-state index in [1.54, 1.807) is 6.20 Å². The number of hydrogen-bond acceptors (Lipinski definition) is 4. The molecule has 6 heteroatoms. The fourth-order valence-electron chi connectivity index (χ4n) is 3.87. The molecule has 2 aromatic rings. The van der Waals surface area contributed by atoms with Crippen LogP contribution in [0.1, 0.15) is 18.4 Å². The summed E-state index contributed by atoms with van der Waals surface area (Å²) in [5.74, 6) is 0.979. The Morgan fingerprint density at radius 1 is 1.30 bits per heavy atom. The summed E-state index contributed by atoms with van der Waals surface area (Å²) in [4.78, 5) is 21.1. The van der Waals surface area contributed by atoms with Gasteiger partial charge in [-0.25, -0.2) is 4.98 Å². The lowest BCUT2D eigenvalue weighted by molar-refractivity contribution is -0.117. The van der Waals surface area contributed by atoms with Gasteiger partial charge in [-0.05, 0) is 25.1 Å². The highest BCUT2D eigenvalue weighted by atomic mass is 16.2. The number of carbonyl (C=O) groups is 1. The second kappa shape index (κ2) is 5.45. The molecule has 4 rings (SSSR count). The van der Waals surface area contributed by atoms with Crippen LogP contribution in [0, 0.1) is 5.41 Å². The molecule has 0 N–H and O–H groups in total. The zero-order chi connectivity index (χ0) is 15.9. The number of rotatable bonds is 3. The van der Waals surface area contributed by atoms with E-state index in [9.17, 15) is 4.79 Å². The Balaban J connectivity index is 1.45. The minimum absolute atomic E-state index is 0.0802. The topological polar surface area (TPSA) is 54.3 Å². The standard InChI is InChI=1S/C17H21N5O/c1-20-10-14(9-19-20)11-21-7-5-17(12-21)8-16(23)22(13-17)15-4-2-3-6-18-15/h2-4,6,9-10H,5,7-8,11-13H2,1H3. The molecule has 0 radical (unpaired) electrons. The van der Waals surface area contributed by atoms with E-state index in [2.05, 4.69) is 21.2 Å². The average molecular weight is 311 g/mol. The van der Waals surface area contributed by atoms with Crippen LogP contribution in [0.15, 0.2) is 36.8 Å². The summed E-state index contributed by atoms with van der Waals surface area (Å²) < 4.78 is 1.84. The van der Waals surface area contributed by atoms with Crippen molar-refractivity contribution < 1.29 is 4.79 Å². The maximum absolute atomic E-state index is 12.5. The maximum Gasteiger partial charge on any atom is 0.228 e. The van der Waals surface area contributed by atoms with Gasteiger partial charge < -0.3 is 0 Å². The van der Waals surface area contributed by atoms with Crippen LogP contribution in [-0.2, 0) is 18.4 Å². The van der Waals surface area contributed by atoms with E-state index in [0.29, 0.717) is 6.42 Å². The highest BCUT2D eigenvalue weighted by Gasteiger charge is 2.47. The summed E-state index contributed by atoms with van der Waals surface area (Å²) in [6.45, 7) is 3.70. The van der Waals surface area contributed by atoms with Crippen molar-refractivity contribution in [2.45, 2.75) is 19.4 Å². The average Bonchev–Trinajstić information content (AvgIpc) is 3.22. The number of anilines is 1. The van der Waals surface area contributed by atoms with Crippen molar-refractivity contribution in [3.63, 3.8) is 0 Å². The molecule has 1 amide bonds. The van der Waals surface area contributed by atoms with Gasteiger partial charge in [-0.3, -0.25) is 19.3 Å². The van der Waals surface area contributed by atoms with Crippen LogP contribution in [0.3, 0.4) is 0 Å². The van der Waals surface area contributed by atoms with Gasteiger partial charge in [-0.1, -0.05) is 6.07 Å². The fraction of sp³-hybridized carbons (Fsp3) is 0.471. The van der Waals surface area contributed by atoms with Crippen molar-refractivity contribution in [1.29, 1.82) is 0 Å². The number of aromatic nitrogens is 3. The van der Waals surface area contributed by atoms with Crippen molar-refractivity contribution in [3.8, 4) is 0 Å². The molecule has 120 valence electrons. The van der Waals surface area contributed by atoms with Crippen molar-refractivity contribution in [3.05, 3.63) is 42.4 Å². The minimum atomic E-state index is 0.0802. The molecule has 2 saturated heterocycles. The lowest BCUT2D eigenvalue weighted by Gasteiger charge is -2.23. The number of nitrogens with zero attached hydrogens (tertiary/aromatic N) is 5. The molecule has 0 bridgehead atoms. The molecular formula is C17H21N5O. The van der Waals surface area contributed by atoms with Gasteiger partial charge in [0.25, 0.3) is 0 Å². The third-order valence-corrected chi connectivity index (χ3v) is 4.93. The van der Waals surface area contributed by atoms with E-state index in [0.717, 1.165) is 38.4 Å². The van der Waals surface area contributed by atoms with Crippen molar-refractivity contribution >= 4 is 11.7 Å². The van der Waals surface area contributed by atoms with E-state index < -0.39 is 0 Å². The number of carbonyl (C=O) groups excluding carboxylic acids is 1. The molecule has 1 spiro atoms. The lowest BCUT2D eigenvalue weighted by atomic mass is 9.86. The summed E-state index contributed by atoms with van der Waals surface area (Å²) in [6, 6.07) is 5.73. The second-order valence-corrected chi connectivity index (χ2v) is 6.83. The second-order valence-electron chi connectivity index (χ2n) is 6.83. The van der Waals surface area contributed by atoms with Gasteiger partial charge in [0.2, 0.25) is 5.91 Å². The third kappa shape index (κ3) is 2.74. The first kappa shape index (κ1) is 14.4. The molecule has 2 aromatic heterocycles. The van der Waals surface area contributed by atoms with Gasteiger partial charge in [0.15, 0.2) is 0 Å². The third-order valence-electron chi connectivity index (χ3n) is 4.93. The van der Waals surface area contributed by atoms with Gasteiger partial charge in [-0.15, -0.1) is 0 Å². The van der Waals surface area contributed by atoms with Crippen LogP contribution in [0.5, 0.6) is 0 Å². The summed E-state index contributed by atoms with van der Waals surface area (Å²) in [5, 5.41) is 4.23. The minimum Gasteiger partial charge on any atom is -0.298 e. The van der Waals surface area contributed by atoms with E-state index in [4.69, 9.17) is 0 Å². The fourth-order valence-corrected chi connectivity index (χ4v) is 3.87. The first-order chi connectivity index (χ1) is 11.1. The normalized spacial score (nSPS) is 24.9. The SMILES string of the molecule is Cn1cc(CN2CCC3(CC(=O)N(c4ccccn4)C3)C2)cn1. The predicted molar refractivity (Wildman–Crippen MR) is 86.7 cm³/mol. The summed E-state index contributed by atoms with van der Waals surface area (Å²) >= 11 is 0. The zero-order valence-electron chi connectivity index (χ0n) is 13.4. The van der Waals surface area contributed by atoms with Crippen molar-refractivity contribution in [2.24, 2.45) is 12.5 Å². The maximum atomic E-state index is 12.5. The molecule has 1 atom stereocenters. The van der Waals surface area contributed by atoms with E-state index in [1.807, 2.05) is 41.0 Å². The van der Waals surface area contributed by atoms with Crippen LogP contribution < -0.4 is 4.90 Å². The van der Waals surface area contributed by atoms with E-state index in [1.165, 1.54) is 5.56 Å². The van der Waals surface area contributed by atoms with Crippen molar-refractivity contribution in [2.75, 3.05) is 24.5 Å². The quantitative estimate of drug-likeness (QED) is 0.861. The first-order valence-corrected chi connectivity index (χ1v) is 8.05. The Kier molecular flexibility index (Phi) is 3.41. The lowest BCUT2D eigenvalue weighted by Crippen LogP contribution is -2.31. The molecule has 2 aliphatic rings. The van der Waals surface area contributed by atoms with Crippen LogP contribution in [0.4, 0.5) is 5.82 Å². The van der Waals surface area contributed by atoms with Gasteiger partial charge in [0, 0.05) is 56.5 Å². The largest absolute Gasteiger partial charge is 0.298 e. The number of hydrogen-bond donors (Lipinski definition) is 0. The molecule has 0 aromatic carbocycles. The molecule has 2 aliphatic heterocycles. The summed E-state index contributed by atoms with van der Waals surface area (Å²) in [6.07, 6.45) is 7.43. The molecular weight excluding hydrogens is 290 g/mol. The Morgan fingerprint density at radius 2 is 2.22 bits per heavy atom. The monoisotopic (exact) mass is 311 g/mol. The molecule has 4 heterocycles. The predicted octanol–water partition coefficient (Wildman–Crippen LogP) is 1.44. The molecule has 2 fully saturated rings. The molecule has 1 unspecified atom stereocenters. The number of pyridine rings is 1. The number of likely N-dealkylation sites (tertiary alicyclic amines) is 1. The Hall–Kier alpha value is -2.21. The molecule has 6 nitrogen and oxygen atoms in total. The van der Waals surface area contributed by atoms with Crippen LogP contribution in [0.25, 0.3) is 0 Å². The van der Waals surface area contributed by atoms with Crippen molar-refractivity contribution in [1.82, 2.24) is 19.7 Å². The van der Waals surface area contributed by atoms with Crippen LogP contribution in [-0.4, -0.2) is 45.2 Å². The zero-order valence-corrected chi connectivity index (χ0v) is 13.4. The smallest absolute Gasteiger partial charge is 0.228 e. The Labute approximate surface area is 135 Å². The highest BCUT2D eigenvalue weighted by Crippen LogP contribution is 2.41. The Bertz CT molecular complexity index is 713. The highest BCUT2D eigenvalue weighted by molar-refractivity contribution is 5.95. The molecule has 0 aliphatic carbocycles. The first-order valence-electron chi connectivity index (χ1n) is 8.05. The van der Waals surface area contributed by atoms with Crippen LogP contribution in [0.2, 0.25) is 0 Å². The van der Waals surface area contributed by atoms with Gasteiger partial charge in [0.05, 0.1) is 6.20 Å². The van der Waals surface area contributed by atoms with Gasteiger partial charge >= 0.3 is 0 Å². The summed E-state index contributed by atoms with van der Waals surface area (Å²) in [7, 11) is 1.94. The van der Waals surface area contributed by atoms with Gasteiger partial charge in [-0.2, -0.15) is 5.10 Å². The molecule has 23 heavy (non-hydrogen) atoms. The number of aryl methyl sites for hydroxylation is 1. The number of amides is 1. The Morgan fingerprint density at radius 3 is 2.96 bits per heavy atom. The van der Waals surface area contributed by atoms with E-state index >= 15 is 0 Å². The van der Waals surface area contributed by atoms with E-state index in [-0.39, 0.29) is 11.3 Å². The van der Waals surface area contributed by atoms with Crippen LogP contribution >= 0.6 is 0 Å². The molecule has 0 saturated carbocycles. The van der Waals surface area contributed by atoms with Gasteiger partial charge in [0.1, 0.15) is 5.82 Å².